The molecule has 0 aromatic carbocycles. The molecule has 0 heterocycles. The number of allylic oxidation sites excluding steroid dienone is 6. The lowest BCUT2D eigenvalue weighted by Crippen LogP contribution is -2.31. The standard InChI is InChI=1S/C42H70N2O2/c1-29(39(9,10)11)35(33(41(15,16)17)25-27-37(3,4)5)45-43-31-21-23-32(24-22-31)44-46-36(30(2)40(12,13)14)34(42(18,19)20)26-28-38(6,7)8/h21-26,35-36H,1-2,27-28H2,3-20H3/b33-25-,34-26-,43-31?,44-32?. The maximum absolute atomic E-state index is 6.38. The fraction of sp³-hybridized carbons (Fsp3) is 0.667. The summed E-state index contributed by atoms with van der Waals surface area (Å²) in [5.74, 6) is 0. The second-order valence-corrected chi connectivity index (χ2v) is 19.6. The first kappa shape index (κ1) is 41.4. The van der Waals surface area contributed by atoms with Gasteiger partial charge in [-0.2, -0.15) is 0 Å². The molecule has 2 unspecified atom stereocenters. The van der Waals surface area contributed by atoms with Crippen molar-refractivity contribution in [2.24, 2.45) is 42.8 Å². The van der Waals surface area contributed by atoms with E-state index in [2.05, 4.69) is 160 Å². The number of rotatable bonds is 10. The van der Waals surface area contributed by atoms with E-state index in [-0.39, 0.29) is 44.7 Å². The van der Waals surface area contributed by atoms with Gasteiger partial charge in [0.2, 0.25) is 0 Å². The van der Waals surface area contributed by atoms with Crippen molar-refractivity contribution in [1.29, 1.82) is 0 Å². The summed E-state index contributed by atoms with van der Waals surface area (Å²) < 4.78 is 0. The second kappa shape index (κ2) is 15.1. The zero-order valence-corrected chi connectivity index (χ0v) is 33.2. The number of nitrogens with zero attached hydrogens (tertiary/aromatic N) is 2. The molecule has 0 spiro atoms. The maximum atomic E-state index is 6.38. The van der Waals surface area contributed by atoms with Crippen LogP contribution in [0.3, 0.4) is 0 Å². The Hall–Kier alpha value is -2.62. The molecule has 0 saturated heterocycles. The third-order valence-electron chi connectivity index (χ3n) is 8.10. The average Bonchev–Trinajstić information content (AvgIpc) is 2.83. The molecule has 0 bridgehead atoms. The second-order valence-electron chi connectivity index (χ2n) is 19.6. The van der Waals surface area contributed by atoms with Crippen LogP contribution in [0.2, 0.25) is 0 Å². The molecule has 0 fully saturated rings. The summed E-state index contributed by atoms with van der Waals surface area (Å²) in [5.41, 5.74) is 5.65. The lowest BCUT2D eigenvalue weighted by molar-refractivity contribution is 0.0826. The first-order chi connectivity index (χ1) is 20.4. The van der Waals surface area contributed by atoms with E-state index in [0.29, 0.717) is 11.4 Å². The molecule has 0 aromatic rings. The molecule has 1 aliphatic carbocycles. The molecule has 4 nitrogen and oxygen atoms in total. The molecule has 0 saturated carbocycles. The Bertz CT molecular complexity index is 1140. The minimum Gasteiger partial charge on any atom is -0.383 e. The molecule has 46 heavy (non-hydrogen) atoms. The minimum atomic E-state index is -0.338. The van der Waals surface area contributed by atoms with Crippen LogP contribution in [-0.2, 0) is 9.68 Å². The van der Waals surface area contributed by atoms with Crippen molar-refractivity contribution >= 4 is 11.4 Å². The van der Waals surface area contributed by atoms with E-state index in [1.807, 2.05) is 24.3 Å². The highest BCUT2D eigenvalue weighted by Crippen LogP contribution is 2.41. The quantitative estimate of drug-likeness (QED) is 0.136. The lowest BCUT2D eigenvalue weighted by Gasteiger charge is -2.35. The molecule has 0 aliphatic heterocycles. The number of hydrogen-bond acceptors (Lipinski definition) is 4. The van der Waals surface area contributed by atoms with Crippen molar-refractivity contribution in [3.8, 4) is 0 Å². The van der Waals surface area contributed by atoms with Crippen molar-refractivity contribution in [3.63, 3.8) is 0 Å². The molecular formula is C42H70N2O2. The van der Waals surface area contributed by atoms with Crippen LogP contribution in [0.15, 0.2) is 82.2 Å². The van der Waals surface area contributed by atoms with Crippen LogP contribution in [0.25, 0.3) is 0 Å². The molecule has 0 aromatic heterocycles. The predicted molar refractivity (Wildman–Crippen MR) is 203 cm³/mol. The van der Waals surface area contributed by atoms with Crippen LogP contribution in [-0.4, -0.2) is 23.6 Å². The van der Waals surface area contributed by atoms with E-state index in [1.165, 1.54) is 11.1 Å². The summed E-state index contributed by atoms with van der Waals surface area (Å²) in [6.45, 7) is 49.0. The average molecular weight is 635 g/mol. The molecule has 4 heteroatoms. The topological polar surface area (TPSA) is 43.2 Å². The zero-order valence-electron chi connectivity index (χ0n) is 33.2. The van der Waals surface area contributed by atoms with E-state index < -0.39 is 0 Å². The lowest BCUT2D eigenvalue weighted by atomic mass is 9.74. The van der Waals surface area contributed by atoms with Gasteiger partial charge in [0.1, 0.15) is 11.4 Å². The van der Waals surface area contributed by atoms with Gasteiger partial charge in [-0.05, 0) is 91.9 Å². The van der Waals surface area contributed by atoms with Crippen LogP contribution in [0, 0.1) is 32.5 Å². The summed E-state index contributed by atoms with van der Waals surface area (Å²) in [6.07, 6.45) is 13.6. The Morgan fingerprint density at radius 3 is 0.978 bits per heavy atom. The van der Waals surface area contributed by atoms with Gasteiger partial charge in [0.05, 0.1) is 0 Å². The Morgan fingerprint density at radius 2 is 0.783 bits per heavy atom. The van der Waals surface area contributed by atoms with E-state index in [9.17, 15) is 0 Å². The number of hydrogen-bond donors (Lipinski definition) is 0. The van der Waals surface area contributed by atoms with Crippen molar-refractivity contribution < 1.29 is 9.68 Å². The van der Waals surface area contributed by atoms with Gasteiger partial charge >= 0.3 is 0 Å². The van der Waals surface area contributed by atoms with Gasteiger partial charge in [-0.15, -0.1) is 0 Å². The van der Waals surface area contributed by atoms with Crippen molar-refractivity contribution in [3.05, 3.63) is 71.9 Å². The Kier molecular flexibility index (Phi) is 13.6. The monoisotopic (exact) mass is 635 g/mol. The third-order valence-corrected chi connectivity index (χ3v) is 8.10. The fourth-order valence-electron chi connectivity index (χ4n) is 4.65. The normalized spacial score (nSPS) is 17.1. The van der Waals surface area contributed by atoms with Crippen LogP contribution >= 0.6 is 0 Å². The van der Waals surface area contributed by atoms with Gasteiger partial charge < -0.3 is 9.68 Å². The van der Waals surface area contributed by atoms with E-state index in [4.69, 9.17) is 9.68 Å². The van der Waals surface area contributed by atoms with Crippen molar-refractivity contribution in [1.82, 2.24) is 0 Å². The minimum absolute atomic E-state index is 0.111. The van der Waals surface area contributed by atoms with Crippen molar-refractivity contribution in [2.75, 3.05) is 0 Å². The van der Waals surface area contributed by atoms with Gasteiger partial charge in [0, 0.05) is 0 Å². The molecule has 0 N–H and O–H groups in total. The highest BCUT2D eigenvalue weighted by molar-refractivity contribution is 6.18. The molecule has 0 radical (unpaired) electrons. The largest absolute Gasteiger partial charge is 0.383 e. The van der Waals surface area contributed by atoms with Gasteiger partial charge in [-0.25, -0.2) is 0 Å². The first-order valence-electron chi connectivity index (χ1n) is 17.1. The Morgan fingerprint density at radius 1 is 0.522 bits per heavy atom. The molecule has 0 amide bonds. The van der Waals surface area contributed by atoms with Crippen LogP contribution < -0.4 is 0 Å². The van der Waals surface area contributed by atoms with Gasteiger partial charge in [-0.1, -0.05) is 160 Å². The SMILES string of the molecule is C=C(C(ON=C1C=CC(=NOC(C(=C)C(C)(C)C)/C(=C/CC(C)(C)C)C(C)(C)C)C=C1)/C(=C/CC(C)(C)C)C(C)(C)C)C(C)(C)C. The molecular weight excluding hydrogens is 564 g/mol. The van der Waals surface area contributed by atoms with E-state index in [0.717, 1.165) is 24.0 Å². The highest BCUT2D eigenvalue weighted by Gasteiger charge is 2.35. The summed E-state index contributed by atoms with van der Waals surface area (Å²) in [4.78, 5) is 12.8. The summed E-state index contributed by atoms with van der Waals surface area (Å²) in [6, 6.07) is 0. The Balaban J connectivity index is 3.43. The Labute approximate surface area is 284 Å². The summed E-state index contributed by atoms with van der Waals surface area (Å²) in [7, 11) is 0. The fourth-order valence-corrected chi connectivity index (χ4v) is 4.65. The zero-order chi connectivity index (χ0) is 36.1. The predicted octanol–water partition coefficient (Wildman–Crippen LogP) is 12.6. The van der Waals surface area contributed by atoms with Crippen molar-refractivity contribution in [2.45, 2.75) is 150 Å². The molecule has 2 atom stereocenters. The highest BCUT2D eigenvalue weighted by atomic mass is 16.6. The smallest absolute Gasteiger partial charge is 0.170 e. The van der Waals surface area contributed by atoms with Gasteiger partial charge in [0.25, 0.3) is 0 Å². The molecule has 260 valence electrons. The first-order valence-corrected chi connectivity index (χ1v) is 17.1. The summed E-state index contributed by atoms with van der Waals surface area (Å²) in [5, 5.41) is 9.23. The van der Waals surface area contributed by atoms with E-state index >= 15 is 0 Å². The number of oxime groups is 2. The summed E-state index contributed by atoms with van der Waals surface area (Å²) >= 11 is 0. The molecule has 1 rings (SSSR count). The van der Waals surface area contributed by atoms with Crippen LogP contribution in [0.1, 0.15) is 137 Å². The van der Waals surface area contributed by atoms with Gasteiger partial charge in [0.15, 0.2) is 12.2 Å². The van der Waals surface area contributed by atoms with E-state index in [1.54, 1.807) is 0 Å². The third kappa shape index (κ3) is 14.0. The van der Waals surface area contributed by atoms with Crippen LogP contribution in [0.5, 0.6) is 0 Å². The van der Waals surface area contributed by atoms with Gasteiger partial charge in [-0.3, -0.25) is 0 Å². The van der Waals surface area contributed by atoms with Crippen LogP contribution in [0.4, 0.5) is 0 Å². The molecule has 1 aliphatic rings. The maximum Gasteiger partial charge on any atom is 0.170 e.